The molecular formula is C15H19O5P. The van der Waals surface area contributed by atoms with E-state index < -0.39 is 7.82 Å². The average Bonchev–Trinajstić information content (AvgIpc) is 2.50. The highest BCUT2D eigenvalue weighted by molar-refractivity contribution is 7.47. The average molecular weight is 310 g/mol. The van der Waals surface area contributed by atoms with Crippen LogP contribution in [0.5, 0.6) is 5.75 Å². The van der Waals surface area contributed by atoms with Crippen molar-refractivity contribution < 1.29 is 23.2 Å². The maximum absolute atomic E-state index is 11.5. The molecule has 21 heavy (non-hydrogen) atoms. The van der Waals surface area contributed by atoms with E-state index in [0.717, 1.165) is 16.5 Å². The van der Waals surface area contributed by atoms with Crippen LogP contribution in [-0.4, -0.2) is 24.7 Å². The molecule has 0 bridgehead atoms. The van der Waals surface area contributed by atoms with E-state index in [1.54, 1.807) is 0 Å². The number of fused-ring (bicyclic) bond motifs is 1. The summed E-state index contributed by atoms with van der Waals surface area (Å²) in [6, 6.07) is 13.6. The van der Waals surface area contributed by atoms with Gasteiger partial charge < -0.3 is 9.63 Å². The Morgan fingerprint density at radius 2 is 1.71 bits per heavy atom. The minimum absolute atomic E-state index is 0.0132. The summed E-state index contributed by atoms with van der Waals surface area (Å²) >= 11 is 0. The molecule has 0 saturated heterocycles. The smallest absolute Gasteiger partial charge is 0.472 e. The summed E-state index contributed by atoms with van der Waals surface area (Å²) in [6.07, 6.45) is 0.653. The molecule has 0 amide bonds. The van der Waals surface area contributed by atoms with Gasteiger partial charge in [0.25, 0.3) is 0 Å². The second-order valence-electron chi connectivity index (χ2n) is 4.46. The molecule has 0 heterocycles. The monoisotopic (exact) mass is 310 g/mol. The lowest BCUT2D eigenvalue weighted by Crippen LogP contribution is -2.07. The summed E-state index contributed by atoms with van der Waals surface area (Å²) in [4.78, 5) is 9.37. The largest absolute Gasteiger partial charge is 0.491 e. The maximum Gasteiger partial charge on any atom is 0.472 e. The van der Waals surface area contributed by atoms with Gasteiger partial charge in [0.1, 0.15) is 12.4 Å². The molecule has 1 atom stereocenters. The predicted molar refractivity (Wildman–Crippen MR) is 81.5 cm³/mol. The van der Waals surface area contributed by atoms with E-state index in [2.05, 4.69) is 0 Å². The van der Waals surface area contributed by atoms with Crippen molar-refractivity contribution >= 4 is 18.6 Å². The van der Waals surface area contributed by atoms with Crippen molar-refractivity contribution in [2.24, 2.45) is 0 Å². The highest BCUT2D eigenvalue weighted by atomic mass is 31.2. The Morgan fingerprint density at radius 3 is 2.52 bits per heavy atom. The van der Waals surface area contributed by atoms with Gasteiger partial charge in [-0.15, -0.1) is 0 Å². The Hall–Kier alpha value is -1.39. The fraction of sp³-hybridized carbons (Fsp3) is 0.333. The van der Waals surface area contributed by atoms with E-state index >= 15 is 0 Å². The quantitative estimate of drug-likeness (QED) is 0.594. The fourth-order valence-corrected chi connectivity index (χ4v) is 2.66. The Kier molecular flexibility index (Phi) is 5.76. The topological polar surface area (TPSA) is 65.0 Å². The predicted octanol–water partition coefficient (Wildman–Crippen LogP) is 3.76. The molecule has 1 N–H and O–H groups in total. The van der Waals surface area contributed by atoms with Crippen LogP contribution in [0.15, 0.2) is 42.5 Å². The molecule has 0 fully saturated rings. The number of hydrogen-bond acceptors (Lipinski definition) is 4. The molecule has 2 rings (SSSR count). The van der Waals surface area contributed by atoms with E-state index in [-0.39, 0.29) is 19.8 Å². The van der Waals surface area contributed by atoms with Crippen molar-refractivity contribution in [1.82, 2.24) is 0 Å². The van der Waals surface area contributed by atoms with E-state index in [9.17, 15) is 9.46 Å². The van der Waals surface area contributed by atoms with Crippen LogP contribution in [0.25, 0.3) is 10.8 Å². The van der Waals surface area contributed by atoms with Gasteiger partial charge in [0, 0.05) is 5.39 Å². The second-order valence-corrected chi connectivity index (χ2v) is 5.91. The van der Waals surface area contributed by atoms with Crippen molar-refractivity contribution in [2.45, 2.75) is 13.3 Å². The molecule has 114 valence electrons. The Bertz CT molecular complexity index is 623. The molecule has 0 aliphatic rings. The lowest BCUT2D eigenvalue weighted by atomic mass is 10.1. The van der Waals surface area contributed by atoms with Crippen LogP contribution in [0, 0.1) is 0 Å². The minimum atomic E-state index is -3.96. The van der Waals surface area contributed by atoms with Crippen molar-refractivity contribution in [1.29, 1.82) is 0 Å². The summed E-state index contributed by atoms with van der Waals surface area (Å²) in [5.41, 5.74) is 0. The first-order valence-electron chi connectivity index (χ1n) is 6.85. The van der Waals surface area contributed by atoms with Gasteiger partial charge in [-0.2, -0.15) is 0 Å². The first kappa shape index (κ1) is 16.0. The molecule has 2 aromatic rings. The molecule has 2 aromatic carbocycles. The zero-order valence-corrected chi connectivity index (χ0v) is 12.8. The highest BCUT2D eigenvalue weighted by Crippen LogP contribution is 2.42. The minimum Gasteiger partial charge on any atom is -0.491 e. The van der Waals surface area contributed by atoms with Crippen LogP contribution >= 0.6 is 7.82 Å². The lowest BCUT2D eigenvalue weighted by molar-refractivity contribution is 0.129. The summed E-state index contributed by atoms with van der Waals surface area (Å²) in [7, 11) is -3.96. The third-order valence-corrected chi connectivity index (χ3v) is 3.82. The van der Waals surface area contributed by atoms with E-state index in [1.165, 1.54) is 0 Å². The molecule has 0 saturated carbocycles. The van der Waals surface area contributed by atoms with Gasteiger partial charge in [0.05, 0.1) is 13.2 Å². The van der Waals surface area contributed by atoms with Gasteiger partial charge in [-0.05, 0) is 17.9 Å². The van der Waals surface area contributed by atoms with Crippen LogP contribution in [0.1, 0.15) is 13.3 Å². The maximum atomic E-state index is 11.5. The number of hydrogen-bond donors (Lipinski definition) is 1. The summed E-state index contributed by atoms with van der Waals surface area (Å²) in [6.45, 7) is 2.20. The number of rotatable bonds is 8. The first-order chi connectivity index (χ1) is 10.1. The Balaban J connectivity index is 1.87. The third kappa shape index (κ3) is 4.83. The SMILES string of the molecule is CCCOP(=O)(O)OCCOc1cccc2ccccc12. The van der Waals surface area contributed by atoms with E-state index in [0.29, 0.717) is 6.42 Å². The van der Waals surface area contributed by atoms with Crippen LogP contribution in [0.3, 0.4) is 0 Å². The molecule has 0 aliphatic heterocycles. The molecule has 1 unspecified atom stereocenters. The fourth-order valence-electron chi connectivity index (χ4n) is 1.87. The van der Waals surface area contributed by atoms with Gasteiger partial charge in [0.15, 0.2) is 0 Å². The van der Waals surface area contributed by atoms with Gasteiger partial charge in [-0.25, -0.2) is 4.57 Å². The summed E-state index contributed by atoms with van der Waals surface area (Å²) < 4.78 is 26.6. The van der Waals surface area contributed by atoms with Gasteiger partial charge in [-0.3, -0.25) is 9.05 Å². The molecule has 0 radical (unpaired) electrons. The van der Waals surface area contributed by atoms with Crippen LogP contribution in [0.2, 0.25) is 0 Å². The first-order valence-corrected chi connectivity index (χ1v) is 8.34. The summed E-state index contributed by atoms with van der Waals surface area (Å²) in [5, 5.41) is 2.07. The van der Waals surface area contributed by atoms with E-state index in [1.807, 2.05) is 49.4 Å². The zero-order chi connectivity index (χ0) is 15.1. The van der Waals surface area contributed by atoms with Crippen molar-refractivity contribution in [3.63, 3.8) is 0 Å². The molecule has 6 heteroatoms. The molecule has 0 aliphatic carbocycles. The molecule has 0 spiro atoms. The molecule has 0 aromatic heterocycles. The second kappa shape index (κ2) is 7.57. The van der Waals surface area contributed by atoms with E-state index in [4.69, 9.17) is 13.8 Å². The number of ether oxygens (including phenoxy) is 1. The van der Waals surface area contributed by atoms with Crippen LogP contribution in [0.4, 0.5) is 0 Å². The van der Waals surface area contributed by atoms with Crippen molar-refractivity contribution in [2.75, 3.05) is 19.8 Å². The molecule has 5 nitrogen and oxygen atoms in total. The Labute approximate surface area is 124 Å². The van der Waals surface area contributed by atoms with Crippen LogP contribution in [-0.2, 0) is 13.6 Å². The summed E-state index contributed by atoms with van der Waals surface area (Å²) in [5.74, 6) is 0.721. The normalized spacial score (nSPS) is 14.0. The number of phosphoric ester groups is 1. The van der Waals surface area contributed by atoms with Crippen molar-refractivity contribution in [3.05, 3.63) is 42.5 Å². The van der Waals surface area contributed by atoms with Gasteiger partial charge in [0.2, 0.25) is 0 Å². The van der Waals surface area contributed by atoms with Crippen molar-refractivity contribution in [3.8, 4) is 5.75 Å². The zero-order valence-electron chi connectivity index (χ0n) is 11.9. The number of benzene rings is 2. The Morgan fingerprint density at radius 1 is 1.00 bits per heavy atom. The standard InChI is InChI=1S/C15H19O5P/c1-2-10-19-21(16,17)20-12-11-18-15-9-5-7-13-6-3-4-8-14(13)15/h3-9H,2,10-12H2,1H3,(H,16,17). The number of phosphoric acid groups is 1. The van der Waals surface area contributed by atoms with Gasteiger partial charge in [-0.1, -0.05) is 43.3 Å². The highest BCUT2D eigenvalue weighted by Gasteiger charge is 2.19. The molecular weight excluding hydrogens is 291 g/mol. The third-order valence-electron chi connectivity index (χ3n) is 2.80. The lowest BCUT2D eigenvalue weighted by Gasteiger charge is -2.13. The van der Waals surface area contributed by atoms with Gasteiger partial charge >= 0.3 is 7.82 Å². The van der Waals surface area contributed by atoms with Crippen LogP contribution < -0.4 is 4.74 Å².